The van der Waals surface area contributed by atoms with E-state index in [2.05, 4.69) is 12.3 Å². The van der Waals surface area contributed by atoms with Gasteiger partial charge in [-0.3, -0.25) is 0 Å². The van der Waals surface area contributed by atoms with Crippen molar-refractivity contribution in [2.24, 2.45) is 5.73 Å². The van der Waals surface area contributed by atoms with Crippen LogP contribution in [0.25, 0.3) is 0 Å². The van der Waals surface area contributed by atoms with Gasteiger partial charge in [-0.2, -0.15) is 0 Å². The van der Waals surface area contributed by atoms with Gasteiger partial charge in [0.05, 0.1) is 0 Å². The molecule has 0 spiro atoms. The minimum absolute atomic E-state index is 1.14. The molecule has 0 aliphatic rings. The molecule has 0 unspecified atom stereocenters. The Morgan fingerprint density at radius 2 is 1.50 bits per heavy atom. The number of nitrogens with one attached hydrogen (secondary N) is 1. The monoisotopic (exact) mass is 116 g/mol. The lowest BCUT2D eigenvalue weighted by atomic mass is 10.7. The first-order valence-corrected chi connectivity index (χ1v) is 2.61. The summed E-state index contributed by atoms with van der Waals surface area (Å²) in [6.45, 7) is 7.24. The number of hydrogen-bond acceptors (Lipinski definition) is 2. The summed E-state index contributed by atoms with van der Waals surface area (Å²) in [7, 11) is 1.50. The number of hydrogen-bond donors (Lipinski definition) is 2. The van der Waals surface area contributed by atoms with Crippen LogP contribution in [0, 0.1) is 5.41 Å². The standard InChI is InChI=1S/C3H5N.C2H6.CH5N/c1-2-3-4;2*1-2/h2-4H,1H2;1-2H3;2H2,1H3. The van der Waals surface area contributed by atoms with E-state index in [4.69, 9.17) is 5.41 Å². The van der Waals surface area contributed by atoms with Crippen LogP contribution in [0.4, 0.5) is 0 Å². The Hall–Kier alpha value is -0.630. The van der Waals surface area contributed by atoms with E-state index in [1.807, 2.05) is 13.8 Å². The summed E-state index contributed by atoms with van der Waals surface area (Å²) in [5, 5.41) is 6.21. The highest BCUT2D eigenvalue weighted by Crippen LogP contribution is 1.37. The maximum Gasteiger partial charge on any atom is 0.0171 e. The van der Waals surface area contributed by atoms with Crippen LogP contribution >= 0.6 is 0 Å². The molecule has 0 bridgehead atoms. The Morgan fingerprint density at radius 1 is 1.38 bits per heavy atom. The largest absolute Gasteiger partial charge is 0.333 e. The van der Waals surface area contributed by atoms with Crippen molar-refractivity contribution in [2.75, 3.05) is 7.05 Å². The smallest absolute Gasteiger partial charge is 0.0171 e. The zero-order chi connectivity index (χ0) is 7.41. The second kappa shape index (κ2) is 97.9. The van der Waals surface area contributed by atoms with Gasteiger partial charge in [0.1, 0.15) is 0 Å². The summed E-state index contributed by atoms with van der Waals surface area (Å²) >= 11 is 0. The van der Waals surface area contributed by atoms with Crippen molar-refractivity contribution >= 4 is 6.21 Å². The maximum absolute atomic E-state index is 6.21. The fraction of sp³-hybridized carbons (Fsp3) is 0.500. The van der Waals surface area contributed by atoms with Gasteiger partial charge < -0.3 is 11.1 Å². The quantitative estimate of drug-likeness (QED) is 0.500. The molecular formula is C6H16N2. The molecule has 0 rings (SSSR count). The fourth-order valence-corrected chi connectivity index (χ4v) is 0. The van der Waals surface area contributed by atoms with Crippen molar-refractivity contribution < 1.29 is 0 Å². The molecule has 0 aromatic heterocycles. The molecular weight excluding hydrogens is 100 g/mol. The average Bonchev–Trinajstić information content (AvgIpc) is 1.96. The molecule has 0 heterocycles. The topological polar surface area (TPSA) is 49.9 Å². The van der Waals surface area contributed by atoms with Gasteiger partial charge in [-0.25, -0.2) is 0 Å². The van der Waals surface area contributed by atoms with Gasteiger partial charge in [0.25, 0.3) is 0 Å². The van der Waals surface area contributed by atoms with Crippen molar-refractivity contribution in [3.63, 3.8) is 0 Å². The van der Waals surface area contributed by atoms with E-state index in [0.717, 1.165) is 6.21 Å². The summed E-state index contributed by atoms with van der Waals surface area (Å²) in [6.07, 6.45) is 2.56. The van der Waals surface area contributed by atoms with Crippen LogP contribution in [0.5, 0.6) is 0 Å². The van der Waals surface area contributed by atoms with Gasteiger partial charge in [-0.15, -0.1) is 0 Å². The number of allylic oxidation sites excluding steroid dienone is 1. The minimum Gasteiger partial charge on any atom is -0.333 e. The summed E-state index contributed by atoms with van der Waals surface area (Å²) < 4.78 is 0. The Bertz CT molecular complexity index is 27.5. The molecule has 2 heteroatoms. The van der Waals surface area contributed by atoms with Crippen LogP contribution < -0.4 is 5.73 Å². The van der Waals surface area contributed by atoms with E-state index < -0.39 is 0 Å². The first kappa shape index (κ1) is 15.7. The van der Waals surface area contributed by atoms with Gasteiger partial charge in [-0.1, -0.05) is 26.5 Å². The van der Waals surface area contributed by atoms with Gasteiger partial charge in [0.2, 0.25) is 0 Å². The van der Waals surface area contributed by atoms with Crippen LogP contribution in [0.2, 0.25) is 0 Å². The van der Waals surface area contributed by atoms with Crippen LogP contribution in [0.1, 0.15) is 13.8 Å². The van der Waals surface area contributed by atoms with Crippen molar-refractivity contribution in [3.05, 3.63) is 12.7 Å². The van der Waals surface area contributed by atoms with Gasteiger partial charge in [-0.05, 0) is 7.05 Å². The van der Waals surface area contributed by atoms with E-state index >= 15 is 0 Å². The molecule has 0 aromatic rings. The lowest BCUT2D eigenvalue weighted by molar-refractivity contribution is 1.48. The molecule has 3 N–H and O–H groups in total. The molecule has 0 saturated heterocycles. The Morgan fingerprint density at radius 3 is 1.50 bits per heavy atom. The van der Waals surface area contributed by atoms with Crippen molar-refractivity contribution in [3.8, 4) is 0 Å². The highest BCUT2D eigenvalue weighted by molar-refractivity contribution is 5.66. The highest BCUT2D eigenvalue weighted by Gasteiger charge is 1.31. The van der Waals surface area contributed by atoms with Crippen LogP contribution in [0.15, 0.2) is 12.7 Å². The Balaban J connectivity index is -0.0000000542. The summed E-state index contributed by atoms with van der Waals surface area (Å²) in [6, 6.07) is 0. The molecule has 0 fully saturated rings. The SMILES string of the molecule is C=CC=N.CC.CN. The zero-order valence-electron chi connectivity index (χ0n) is 5.94. The Labute approximate surface area is 51.9 Å². The van der Waals surface area contributed by atoms with E-state index in [-0.39, 0.29) is 0 Å². The maximum atomic E-state index is 6.21. The third-order valence-electron chi connectivity index (χ3n) is 0.118. The zero-order valence-corrected chi connectivity index (χ0v) is 5.94. The molecule has 2 nitrogen and oxygen atoms in total. The second-order valence-corrected chi connectivity index (χ2v) is 0.402. The lowest BCUT2D eigenvalue weighted by Crippen LogP contribution is -1.69. The van der Waals surface area contributed by atoms with Crippen LogP contribution in [-0.2, 0) is 0 Å². The lowest BCUT2D eigenvalue weighted by Gasteiger charge is -1.43. The molecule has 0 amide bonds. The Kier molecular flexibility index (Phi) is 192. The molecule has 8 heavy (non-hydrogen) atoms. The normalized spacial score (nSPS) is 4.00. The third-order valence-corrected chi connectivity index (χ3v) is 0.118. The van der Waals surface area contributed by atoms with Crippen molar-refractivity contribution in [1.29, 1.82) is 5.41 Å². The van der Waals surface area contributed by atoms with Gasteiger partial charge >= 0.3 is 0 Å². The van der Waals surface area contributed by atoms with Crippen LogP contribution in [-0.4, -0.2) is 13.3 Å². The average molecular weight is 116 g/mol. The highest BCUT2D eigenvalue weighted by atomic mass is 14.4. The molecule has 50 valence electrons. The molecule has 0 saturated carbocycles. The summed E-state index contributed by atoms with van der Waals surface area (Å²) in [5.74, 6) is 0. The predicted molar refractivity (Wildman–Crippen MR) is 40.4 cm³/mol. The molecule has 0 aliphatic carbocycles. The predicted octanol–water partition coefficient (Wildman–Crippen LogP) is 1.42. The molecule has 0 radical (unpaired) electrons. The van der Waals surface area contributed by atoms with E-state index in [0.29, 0.717) is 0 Å². The second-order valence-electron chi connectivity index (χ2n) is 0.402. The first-order chi connectivity index (χ1) is 3.91. The molecule has 0 atom stereocenters. The first-order valence-electron chi connectivity index (χ1n) is 2.61. The van der Waals surface area contributed by atoms with E-state index in [1.165, 1.54) is 13.1 Å². The third kappa shape index (κ3) is 749. The molecule has 0 aliphatic heterocycles. The van der Waals surface area contributed by atoms with E-state index in [1.54, 1.807) is 0 Å². The number of nitrogens with two attached hydrogens (primary N) is 1. The van der Waals surface area contributed by atoms with E-state index in [9.17, 15) is 0 Å². The van der Waals surface area contributed by atoms with Crippen LogP contribution in [0.3, 0.4) is 0 Å². The summed E-state index contributed by atoms with van der Waals surface area (Å²) in [5.41, 5.74) is 4.50. The fourth-order valence-electron chi connectivity index (χ4n) is 0. The minimum atomic E-state index is 1.14. The van der Waals surface area contributed by atoms with Crippen molar-refractivity contribution in [1.82, 2.24) is 0 Å². The molecule has 0 aromatic carbocycles. The van der Waals surface area contributed by atoms with Gasteiger partial charge in [0.15, 0.2) is 0 Å². The van der Waals surface area contributed by atoms with Gasteiger partial charge in [0, 0.05) is 6.21 Å². The van der Waals surface area contributed by atoms with Crippen molar-refractivity contribution in [2.45, 2.75) is 13.8 Å². The summed E-state index contributed by atoms with van der Waals surface area (Å²) in [4.78, 5) is 0. The number of rotatable bonds is 1.